The molecule has 19 heavy (non-hydrogen) atoms. The molecule has 0 unspecified atom stereocenters. The molecule has 1 heterocycles. The maximum atomic E-state index is 13.1. The zero-order valence-electron chi connectivity index (χ0n) is 11.2. The molecule has 0 radical (unpaired) electrons. The summed E-state index contributed by atoms with van der Waals surface area (Å²) >= 11 is 1.92. The van der Waals surface area contributed by atoms with Gasteiger partial charge in [-0.1, -0.05) is 19.9 Å². The highest BCUT2D eigenvalue weighted by molar-refractivity contribution is 8.00. The van der Waals surface area contributed by atoms with Crippen LogP contribution in [0.5, 0.6) is 0 Å². The predicted octanol–water partition coefficient (Wildman–Crippen LogP) is 3.43. The van der Waals surface area contributed by atoms with Gasteiger partial charge in [0.1, 0.15) is 5.82 Å². The lowest BCUT2D eigenvalue weighted by molar-refractivity contribution is 0.211. The number of urea groups is 1. The second-order valence-electron chi connectivity index (χ2n) is 5.04. The Kier molecular flexibility index (Phi) is 4.69. The van der Waals surface area contributed by atoms with Gasteiger partial charge < -0.3 is 10.2 Å². The lowest BCUT2D eigenvalue weighted by Gasteiger charge is -2.34. The van der Waals surface area contributed by atoms with Gasteiger partial charge in [-0.15, -0.1) is 0 Å². The Hall–Kier alpha value is -1.23. The largest absolute Gasteiger partial charge is 0.323 e. The van der Waals surface area contributed by atoms with Crippen LogP contribution in [0.2, 0.25) is 0 Å². The summed E-state index contributed by atoms with van der Waals surface area (Å²) in [6.07, 6.45) is 0. The van der Waals surface area contributed by atoms with Crippen molar-refractivity contribution in [3.63, 3.8) is 0 Å². The number of anilines is 1. The molecule has 1 aromatic carbocycles. The average Bonchev–Trinajstić information content (AvgIpc) is 2.39. The van der Waals surface area contributed by atoms with E-state index in [1.54, 1.807) is 12.1 Å². The van der Waals surface area contributed by atoms with Crippen molar-refractivity contribution in [1.82, 2.24) is 4.90 Å². The van der Waals surface area contributed by atoms with Crippen LogP contribution in [0, 0.1) is 11.7 Å². The summed E-state index contributed by atoms with van der Waals surface area (Å²) in [5, 5.41) is 3.23. The number of thioether (sulfide) groups is 1. The van der Waals surface area contributed by atoms with Crippen molar-refractivity contribution in [2.45, 2.75) is 19.1 Å². The number of nitrogens with zero attached hydrogens (tertiary/aromatic N) is 1. The molecular formula is C14H19FN2OS. The Bertz CT molecular complexity index is 453. The highest BCUT2D eigenvalue weighted by Crippen LogP contribution is 2.25. The fraction of sp³-hybridized carbons (Fsp3) is 0.500. The Morgan fingerprint density at radius 1 is 1.53 bits per heavy atom. The van der Waals surface area contributed by atoms with E-state index in [1.165, 1.54) is 12.1 Å². The third-order valence-corrected chi connectivity index (χ3v) is 4.74. The number of benzene rings is 1. The molecule has 0 aliphatic carbocycles. The van der Waals surface area contributed by atoms with Gasteiger partial charge >= 0.3 is 6.03 Å². The Morgan fingerprint density at radius 2 is 2.32 bits per heavy atom. The first kappa shape index (κ1) is 14.2. The van der Waals surface area contributed by atoms with E-state index in [0.717, 1.165) is 18.8 Å². The fourth-order valence-electron chi connectivity index (χ4n) is 2.03. The highest BCUT2D eigenvalue weighted by atomic mass is 32.2. The van der Waals surface area contributed by atoms with Crippen LogP contribution in [0.15, 0.2) is 24.3 Å². The van der Waals surface area contributed by atoms with E-state index in [9.17, 15) is 9.18 Å². The van der Waals surface area contributed by atoms with Gasteiger partial charge in [-0.3, -0.25) is 0 Å². The van der Waals surface area contributed by atoms with Crippen LogP contribution < -0.4 is 5.32 Å². The Labute approximate surface area is 117 Å². The normalized spacial score (nSPS) is 19.6. The molecule has 104 valence electrons. The van der Waals surface area contributed by atoms with Crippen LogP contribution in [0.3, 0.4) is 0 Å². The van der Waals surface area contributed by atoms with E-state index < -0.39 is 0 Å². The predicted molar refractivity (Wildman–Crippen MR) is 78.1 cm³/mol. The fourth-order valence-corrected chi connectivity index (χ4v) is 3.33. The molecule has 0 bridgehead atoms. The summed E-state index contributed by atoms with van der Waals surface area (Å²) in [5.74, 6) is 1.17. The Morgan fingerprint density at radius 3 is 3.00 bits per heavy atom. The second-order valence-corrected chi connectivity index (χ2v) is 6.39. The molecule has 1 aliphatic rings. The van der Waals surface area contributed by atoms with Crippen molar-refractivity contribution in [2.24, 2.45) is 5.92 Å². The first-order valence-corrected chi connectivity index (χ1v) is 7.54. The van der Waals surface area contributed by atoms with Crippen molar-refractivity contribution in [3.8, 4) is 0 Å². The first-order valence-electron chi connectivity index (χ1n) is 6.49. The molecule has 0 aromatic heterocycles. The number of hydrogen-bond acceptors (Lipinski definition) is 2. The monoisotopic (exact) mass is 282 g/mol. The van der Waals surface area contributed by atoms with Gasteiger partial charge in [0.15, 0.2) is 0 Å². The molecule has 1 fully saturated rings. The van der Waals surface area contributed by atoms with E-state index in [0.29, 0.717) is 16.9 Å². The van der Waals surface area contributed by atoms with E-state index in [2.05, 4.69) is 19.2 Å². The van der Waals surface area contributed by atoms with Gasteiger partial charge in [0, 0.05) is 29.8 Å². The van der Waals surface area contributed by atoms with Crippen molar-refractivity contribution in [3.05, 3.63) is 30.1 Å². The molecule has 1 atom stereocenters. The molecule has 5 heteroatoms. The van der Waals surface area contributed by atoms with Crippen LogP contribution in [0.1, 0.15) is 13.8 Å². The summed E-state index contributed by atoms with van der Waals surface area (Å²) in [6, 6.07) is 5.84. The molecule has 0 saturated carbocycles. The zero-order chi connectivity index (χ0) is 13.8. The lowest BCUT2D eigenvalue weighted by Crippen LogP contribution is -2.45. The number of carbonyl (C=O) groups is 1. The Balaban J connectivity index is 1.96. The molecule has 2 rings (SSSR count). The van der Waals surface area contributed by atoms with E-state index in [1.807, 2.05) is 16.7 Å². The minimum Gasteiger partial charge on any atom is -0.323 e. The summed E-state index contributed by atoms with van der Waals surface area (Å²) in [7, 11) is 0. The third kappa shape index (κ3) is 3.86. The lowest BCUT2D eigenvalue weighted by atomic mass is 10.1. The number of carbonyl (C=O) groups excluding carboxylic acids is 1. The molecule has 1 aromatic rings. The van der Waals surface area contributed by atoms with Crippen LogP contribution in [-0.2, 0) is 0 Å². The van der Waals surface area contributed by atoms with Crippen molar-refractivity contribution < 1.29 is 9.18 Å². The summed E-state index contributed by atoms with van der Waals surface area (Å²) in [6.45, 7) is 5.84. The zero-order valence-corrected chi connectivity index (χ0v) is 12.0. The average molecular weight is 282 g/mol. The molecule has 3 nitrogen and oxygen atoms in total. The van der Waals surface area contributed by atoms with E-state index in [4.69, 9.17) is 0 Å². The van der Waals surface area contributed by atoms with Gasteiger partial charge in [-0.05, 0) is 24.1 Å². The van der Waals surface area contributed by atoms with Gasteiger partial charge in [-0.2, -0.15) is 11.8 Å². The topological polar surface area (TPSA) is 32.3 Å². The van der Waals surface area contributed by atoms with Crippen molar-refractivity contribution >= 4 is 23.5 Å². The third-order valence-electron chi connectivity index (χ3n) is 3.20. The summed E-state index contributed by atoms with van der Waals surface area (Å²) < 4.78 is 13.1. The second kappa shape index (κ2) is 6.28. The maximum Gasteiger partial charge on any atom is 0.321 e. The number of rotatable bonds is 2. The summed E-state index contributed by atoms with van der Waals surface area (Å²) in [4.78, 5) is 13.9. The van der Waals surface area contributed by atoms with Crippen LogP contribution in [0.25, 0.3) is 0 Å². The van der Waals surface area contributed by atoms with Crippen molar-refractivity contribution in [2.75, 3.05) is 24.2 Å². The molecule has 0 spiro atoms. The van der Waals surface area contributed by atoms with Gasteiger partial charge in [0.25, 0.3) is 0 Å². The minimum absolute atomic E-state index is 0.142. The minimum atomic E-state index is -0.341. The molecule has 1 aliphatic heterocycles. The van der Waals surface area contributed by atoms with Crippen molar-refractivity contribution in [1.29, 1.82) is 0 Å². The number of nitrogens with one attached hydrogen (secondary N) is 1. The molecule has 2 amide bonds. The SMILES string of the molecule is CC(C)[C@H]1CN(C(=O)Nc2cccc(F)c2)CCS1. The maximum absolute atomic E-state index is 13.1. The number of amides is 2. The van der Waals surface area contributed by atoms with E-state index >= 15 is 0 Å². The highest BCUT2D eigenvalue weighted by Gasteiger charge is 2.25. The molecular weight excluding hydrogens is 263 g/mol. The molecule has 1 saturated heterocycles. The molecule has 1 N–H and O–H groups in total. The van der Waals surface area contributed by atoms with Gasteiger partial charge in [0.05, 0.1) is 0 Å². The van der Waals surface area contributed by atoms with Gasteiger partial charge in [0.2, 0.25) is 0 Å². The van der Waals surface area contributed by atoms with Crippen LogP contribution in [0.4, 0.5) is 14.9 Å². The van der Waals surface area contributed by atoms with Crippen LogP contribution in [-0.4, -0.2) is 35.0 Å². The van der Waals surface area contributed by atoms with E-state index in [-0.39, 0.29) is 11.8 Å². The first-order chi connectivity index (χ1) is 9.06. The number of hydrogen-bond donors (Lipinski definition) is 1. The standard InChI is InChI=1S/C14H19FN2OS/c1-10(2)13-9-17(6-7-19-13)14(18)16-12-5-3-4-11(15)8-12/h3-5,8,10,13H,6-7,9H2,1-2H3,(H,16,18)/t13-/m1/s1. The van der Waals surface area contributed by atoms with Gasteiger partial charge in [-0.25, -0.2) is 9.18 Å². The smallest absolute Gasteiger partial charge is 0.321 e. The van der Waals surface area contributed by atoms with Crippen LogP contribution >= 0.6 is 11.8 Å². The number of halogens is 1. The summed E-state index contributed by atoms with van der Waals surface area (Å²) in [5.41, 5.74) is 0.504. The quantitative estimate of drug-likeness (QED) is 0.901.